The standard InChI is InChI=1S/C10H15N3O2.ClH/c1-15-7-6-12-9(13-8(7)14)10(11)4-2-3-5-10;/h6-7H,2-5,11H2,1H3;1H. The first-order chi connectivity index (χ1) is 7.15. The molecular weight excluding hydrogens is 230 g/mol. The van der Waals surface area contributed by atoms with Crippen molar-refractivity contribution in [2.75, 3.05) is 7.11 Å². The molecule has 0 aromatic rings. The average Bonchev–Trinajstić information content (AvgIpc) is 2.66. The van der Waals surface area contributed by atoms with Gasteiger partial charge in [-0.3, -0.25) is 4.79 Å². The first-order valence-corrected chi connectivity index (χ1v) is 5.14. The van der Waals surface area contributed by atoms with E-state index in [0.29, 0.717) is 5.84 Å². The largest absolute Gasteiger partial charge is 0.366 e. The molecule has 0 aromatic heterocycles. The van der Waals surface area contributed by atoms with Crippen LogP contribution in [0.25, 0.3) is 0 Å². The van der Waals surface area contributed by atoms with E-state index >= 15 is 0 Å². The summed E-state index contributed by atoms with van der Waals surface area (Å²) < 4.78 is 4.90. The molecule has 0 bridgehead atoms. The average molecular weight is 246 g/mol. The third-order valence-electron chi connectivity index (χ3n) is 2.99. The van der Waals surface area contributed by atoms with Gasteiger partial charge in [0.25, 0.3) is 5.91 Å². The van der Waals surface area contributed by atoms with Gasteiger partial charge in [0.2, 0.25) is 0 Å². The monoisotopic (exact) mass is 245 g/mol. The zero-order valence-electron chi connectivity index (χ0n) is 9.18. The molecule has 1 fully saturated rings. The van der Waals surface area contributed by atoms with Crippen LogP contribution in [0.3, 0.4) is 0 Å². The van der Waals surface area contributed by atoms with Gasteiger partial charge in [0.05, 0.1) is 5.54 Å². The summed E-state index contributed by atoms with van der Waals surface area (Å²) in [4.78, 5) is 19.5. The van der Waals surface area contributed by atoms with Crippen LogP contribution in [0.5, 0.6) is 0 Å². The van der Waals surface area contributed by atoms with Crippen molar-refractivity contribution in [2.45, 2.75) is 37.3 Å². The molecule has 2 rings (SSSR count). The molecule has 0 radical (unpaired) electrons. The molecule has 16 heavy (non-hydrogen) atoms. The smallest absolute Gasteiger partial charge is 0.282 e. The minimum Gasteiger partial charge on any atom is -0.366 e. The van der Waals surface area contributed by atoms with Crippen LogP contribution in [0.4, 0.5) is 0 Å². The first-order valence-electron chi connectivity index (χ1n) is 5.14. The molecular formula is C10H16ClN3O2. The molecule has 2 aliphatic rings. The highest BCUT2D eigenvalue weighted by Crippen LogP contribution is 2.29. The van der Waals surface area contributed by atoms with Gasteiger partial charge >= 0.3 is 0 Å². The minimum absolute atomic E-state index is 0. The van der Waals surface area contributed by atoms with Crippen LogP contribution < -0.4 is 5.73 Å². The van der Waals surface area contributed by atoms with Crippen molar-refractivity contribution in [3.8, 4) is 0 Å². The number of carbonyl (C=O) groups is 1. The fraction of sp³-hybridized carbons (Fsp3) is 0.700. The zero-order chi connectivity index (χ0) is 10.9. The van der Waals surface area contributed by atoms with Crippen molar-refractivity contribution in [1.82, 2.24) is 0 Å². The molecule has 1 amide bonds. The topological polar surface area (TPSA) is 77.0 Å². The summed E-state index contributed by atoms with van der Waals surface area (Å²) in [5.74, 6) is 0.164. The maximum atomic E-state index is 11.5. The van der Waals surface area contributed by atoms with Gasteiger partial charge in [-0.2, -0.15) is 4.99 Å². The fourth-order valence-electron chi connectivity index (χ4n) is 2.03. The second-order valence-electron chi connectivity index (χ2n) is 4.07. The molecule has 2 N–H and O–H groups in total. The lowest BCUT2D eigenvalue weighted by Gasteiger charge is -2.24. The third-order valence-corrected chi connectivity index (χ3v) is 2.99. The lowest BCUT2D eigenvalue weighted by atomic mass is 9.97. The molecule has 1 atom stereocenters. The molecule has 6 heteroatoms. The molecule has 0 aromatic carbocycles. The number of carbonyl (C=O) groups excluding carboxylic acids is 1. The number of hydrogen-bond donors (Lipinski definition) is 1. The molecule has 1 saturated carbocycles. The van der Waals surface area contributed by atoms with Gasteiger partial charge in [-0.05, 0) is 12.8 Å². The van der Waals surface area contributed by atoms with Gasteiger partial charge in [-0.15, -0.1) is 12.4 Å². The Balaban J connectivity index is 0.00000128. The number of hydrogen-bond acceptors (Lipinski definition) is 4. The first kappa shape index (κ1) is 13.3. The van der Waals surface area contributed by atoms with Crippen LogP contribution in [-0.4, -0.2) is 36.7 Å². The zero-order valence-corrected chi connectivity index (χ0v) is 10.00. The Hall–Kier alpha value is -0.780. The quantitative estimate of drug-likeness (QED) is 0.778. The number of amidine groups is 1. The summed E-state index contributed by atoms with van der Waals surface area (Å²) in [6.45, 7) is 0. The SMILES string of the molecule is COC1C=NC(C2(N)CCCC2)=NC1=O.Cl. The predicted molar refractivity (Wildman–Crippen MR) is 64.4 cm³/mol. The van der Waals surface area contributed by atoms with E-state index in [0.717, 1.165) is 25.7 Å². The Labute approximate surface area is 101 Å². The van der Waals surface area contributed by atoms with Crippen molar-refractivity contribution in [2.24, 2.45) is 15.7 Å². The van der Waals surface area contributed by atoms with Crippen LogP contribution >= 0.6 is 12.4 Å². The highest BCUT2D eigenvalue weighted by Gasteiger charge is 2.37. The van der Waals surface area contributed by atoms with Crippen molar-refractivity contribution in [3.63, 3.8) is 0 Å². The van der Waals surface area contributed by atoms with Gasteiger partial charge < -0.3 is 10.5 Å². The Morgan fingerprint density at radius 1 is 1.50 bits per heavy atom. The summed E-state index contributed by atoms with van der Waals surface area (Å²) in [7, 11) is 1.46. The van der Waals surface area contributed by atoms with Crippen LogP contribution in [0.2, 0.25) is 0 Å². The van der Waals surface area contributed by atoms with Crippen molar-refractivity contribution in [3.05, 3.63) is 0 Å². The van der Waals surface area contributed by atoms with Crippen LogP contribution in [0, 0.1) is 0 Å². The number of nitrogens with two attached hydrogens (primary N) is 1. The van der Waals surface area contributed by atoms with E-state index in [4.69, 9.17) is 10.5 Å². The summed E-state index contributed by atoms with van der Waals surface area (Å²) in [5, 5.41) is 0. The predicted octanol–water partition coefficient (Wildman–Crippen LogP) is 0.704. The molecule has 1 aliphatic carbocycles. The lowest BCUT2D eigenvalue weighted by Crippen LogP contribution is -2.47. The number of aliphatic imine (C=N–C) groups is 2. The molecule has 1 heterocycles. The second-order valence-corrected chi connectivity index (χ2v) is 4.07. The Bertz CT molecular complexity index is 335. The van der Waals surface area contributed by atoms with E-state index in [1.807, 2.05) is 0 Å². The van der Waals surface area contributed by atoms with Crippen LogP contribution in [0.1, 0.15) is 25.7 Å². The number of amides is 1. The molecule has 0 saturated heterocycles. The number of nitrogens with zero attached hydrogens (tertiary/aromatic N) is 2. The fourth-order valence-corrected chi connectivity index (χ4v) is 2.03. The highest BCUT2D eigenvalue weighted by atomic mass is 35.5. The van der Waals surface area contributed by atoms with Gasteiger partial charge in [0, 0.05) is 13.3 Å². The summed E-state index contributed by atoms with van der Waals surface area (Å²) in [6, 6.07) is 0. The van der Waals surface area contributed by atoms with E-state index in [1.165, 1.54) is 13.3 Å². The molecule has 0 spiro atoms. The number of methoxy groups -OCH3 is 1. The third kappa shape index (κ3) is 2.31. The maximum Gasteiger partial charge on any atom is 0.282 e. The van der Waals surface area contributed by atoms with Crippen LogP contribution in [0.15, 0.2) is 9.98 Å². The Morgan fingerprint density at radius 2 is 2.12 bits per heavy atom. The molecule has 1 aliphatic heterocycles. The number of ether oxygens (including phenoxy) is 1. The second kappa shape index (κ2) is 5.03. The maximum absolute atomic E-state index is 11.5. The molecule has 90 valence electrons. The van der Waals surface area contributed by atoms with E-state index in [1.54, 1.807) is 0 Å². The number of rotatable bonds is 2. The lowest BCUT2D eigenvalue weighted by molar-refractivity contribution is -0.123. The van der Waals surface area contributed by atoms with Gasteiger partial charge in [0.15, 0.2) is 11.9 Å². The number of halogens is 1. The van der Waals surface area contributed by atoms with Crippen molar-refractivity contribution >= 4 is 30.4 Å². The summed E-state index contributed by atoms with van der Waals surface area (Å²) >= 11 is 0. The summed E-state index contributed by atoms with van der Waals surface area (Å²) in [6.07, 6.45) is 4.71. The Morgan fingerprint density at radius 3 is 2.62 bits per heavy atom. The van der Waals surface area contributed by atoms with Gasteiger partial charge in [0.1, 0.15) is 0 Å². The van der Waals surface area contributed by atoms with E-state index < -0.39 is 11.6 Å². The van der Waals surface area contributed by atoms with E-state index in [2.05, 4.69) is 9.98 Å². The van der Waals surface area contributed by atoms with Crippen LogP contribution in [-0.2, 0) is 9.53 Å². The van der Waals surface area contributed by atoms with Crippen molar-refractivity contribution in [1.29, 1.82) is 0 Å². The highest BCUT2D eigenvalue weighted by molar-refractivity contribution is 6.13. The van der Waals surface area contributed by atoms with Crippen molar-refractivity contribution < 1.29 is 9.53 Å². The Kier molecular flexibility index (Phi) is 4.18. The molecule has 5 nitrogen and oxygen atoms in total. The van der Waals surface area contributed by atoms with Gasteiger partial charge in [-0.25, -0.2) is 4.99 Å². The summed E-state index contributed by atoms with van der Waals surface area (Å²) in [5.41, 5.74) is 5.65. The van der Waals surface area contributed by atoms with E-state index in [9.17, 15) is 4.79 Å². The van der Waals surface area contributed by atoms with E-state index in [-0.39, 0.29) is 18.3 Å². The van der Waals surface area contributed by atoms with Gasteiger partial charge in [-0.1, -0.05) is 12.8 Å². The molecule has 1 unspecified atom stereocenters. The minimum atomic E-state index is -0.640. The normalized spacial score (nSPS) is 27.5.